The van der Waals surface area contributed by atoms with Crippen molar-refractivity contribution in [1.82, 2.24) is 9.88 Å². The van der Waals surface area contributed by atoms with Gasteiger partial charge in [-0.15, -0.1) is 0 Å². The number of hydrogen-bond donors (Lipinski definition) is 1. The van der Waals surface area contributed by atoms with Gasteiger partial charge in [0.1, 0.15) is 11.4 Å². The highest BCUT2D eigenvalue weighted by Gasteiger charge is 2.72. The third kappa shape index (κ3) is 5.43. The van der Waals surface area contributed by atoms with E-state index in [0.29, 0.717) is 26.2 Å². The molecule has 1 saturated carbocycles. The smallest absolute Gasteiger partial charge is 0.408 e. The molecule has 1 spiro atoms. The number of allylic oxidation sites excluding steroid dienone is 1. The number of nitrogens with zero attached hydrogens (tertiary/aromatic N) is 3. The van der Waals surface area contributed by atoms with Crippen molar-refractivity contribution >= 4 is 11.9 Å². The van der Waals surface area contributed by atoms with E-state index in [1.807, 2.05) is 18.3 Å². The van der Waals surface area contributed by atoms with Crippen LogP contribution in [0.2, 0.25) is 0 Å². The summed E-state index contributed by atoms with van der Waals surface area (Å²) in [4.78, 5) is 21.6. The highest BCUT2D eigenvalue weighted by Crippen LogP contribution is 2.60. The van der Waals surface area contributed by atoms with Crippen LogP contribution in [0.3, 0.4) is 0 Å². The standard InChI is InChI=1S/C30H45N3O6/c1-19(2)7-9-23-29(5,39-23)27-26(36-6)22(11-12-30(27)18-38-30)33(28(34)35)25(20(3)4)21-8-10-24(31-17-21)32-13-15-37-16-14-32/h7-8,10,17,20,22-23,25-27H,9,11-16,18H2,1-6H3,(H,34,35)/t22-,23-,25?,26-,27-,29+,30+/m1/s1. The first kappa shape index (κ1) is 28.3. The maximum absolute atomic E-state index is 13.0. The first-order chi connectivity index (χ1) is 18.6. The molecule has 4 heterocycles. The van der Waals surface area contributed by atoms with Crippen molar-refractivity contribution in [3.63, 3.8) is 0 Å². The predicted octanol–water partition coefficient (Wildman–Crippen LogP) is 4.67. The Morgan fingerprint density at radius 1 is 1.31 bits per heavy atom. The molecule has 1 amide bonds. The lowest BCUT2D eigenvalue weighted by molar-refractivity contribution is -0.102. The van der Waals surface area contributed by atoms with Crippen LogP contribution in [0.4, 0.5) is 10.6 Å². The summed E-state index contributed by atoms with van der Waals surface area (Å²) in [5.74, 6) is 0.882. The van der Waals surface area contributed by atoms with E-state index in [4.69, 9.17) is 23.9 Å². The average molecular weight is 544 g/mol. The molecule has 0 aromatic carbocycles. The van der Waals surface area contributed by atoms with E-state index in [0.717, 1.165) is 37.3 Å². The highest BCUT2D eigenvalue weighted by molar-refractivity contribution is 5.66. The minimum Gasteiger partial charge on any atom is -0.465 e. The number of ether oxygens (including phenoxy) is 4. The molecule has 0 radical (unpaired) electrons. The van der Waals surface area contributed by atoms with E-state index < -0.39 is 11.7 Å². The molecule has 1 aliphatic carbocycles. The van der Waals surface area contributed by atoms with E-state index >= 15 is 0 Å². The first-order valence-electron chi connectivity index (χ1n) is 14.4. The number of carbonyl (C=O) groups is 1. The fourth-order valence-electron chi connectivity index (χ4n) is 7.15. The Balaban J connectivity index is 1.43. The van der Waals surface area contributed by atoms with Crippen LogP contribution in [0.1, 0.15) is 65.5 Å². The maximum Gasteiger partial charge on any atom is 0.408 e. The van der Waals surface area contributed by atoms with E-state index in [1.165, 1.54) is 5.57 Å². The Morgan fingerprint density at radius 2 is 2.03 bits per heavy atom. The Kier molecular flexibility index (Phi) is 7.99. The van der Waals surface area contributed by atoms with E-state index in [2.05, 4.69) is 45.6 Å². The number of amides is 1. The van der Waals surface area contributed by atoms with Gasteiger partial charge in [0, 0.05) is 32.3 Å². The minimum absolute atomic E-state index is 0.0410. The van der Waals surface area contributed by atoms with Gasteiger partial charge in [0.2, 0.25) is 0 Å². The molecule has 3 aliphatic heterocycles. The number of carboxylic acid groups (broad SMARTS) is 1. The van der Waals surface area contributed by atoms with Gasteiger partial charge in [-0.1, -0.05) is 31.6 Å². The van der Waals surface area contributed by atoms with Gasteiger partial charge < -0.3 is 29.0 Å². The zero-order valence-corrected chi connectivity index (χ0v) is 24.3. The van der Waals surface area contributed by atoms with Crippen molar-refractivity contribution < 1.29 is 28.8 Å². The van der Waals surface area contributed by atoms with Crippen molar-refractivity contribution in [3.05, 3.63) is 35.5 Å². The minimum atomic E-state index is -0.938. The molecule has 4 fully saturated rings. The van der Waals surface area contributed by atoms with Crippen LogP contribution in [-0.4, -0.2) is 90.6 Å². The van der Waals surface area contributed by atoms with Gasteiger partial charge in [0.05, 0.1) is 49.7 Å². The van der Waals surface area contributed by atoms with Gasteiger partial charge in [0.25, 0.3) is 0 Å². The summed E-state index contributed by atoms with van der Waals surface area (Å²) in [5, 5.41) is 10.7. The third-order valence-electron chi connectivity index (χ3n) is 9.22. The Morgan fingerprint density at radius 3 is 2.56 bits per heavy atom. The van der Waals surface area contributed by atoms with Crippen molar-refractivity contribution in [2.24, 2.45) is 11.8 Å². The number of morpholine rings is 1. The summed E-state index contributed by atoms with van der Waals surface area (Å²) in [6.45, 7) is 14.2. The molecular weight excluding hydrogens is 498 g/mol. The van der Waals surface area contributed by atoms with Crippen LogP contribution in [0.15, 0.2) is 30.0 Å². The SMILES string of the molecule is CO[C@@H]1[C@H](N(C(=O)O)C(c2ccc(N3CCOCC3)nc2)C(C)C)CC[C@]2(CO2)[C@H]1[C@@]1(C)O[C@@H]1CC=C(C)C. The van der Waals surface area contributed by atoms with Crippen LogP contribution in [0.5, 0.6) is 0 Å². The number of methoxy groups -OCH3 is 1. The zero-order chi connectivity index (χ0) is 27.9. The quantitative estimate of drug-likeness (QED) is 0.354. The molecule has 3 saturated heterocycles. The number of anilines is 1. The third-order valence-corrected chi connectivity index (χ3v) is 9.22. The Hall–Kier alpha value is -2.20. The lowest BCUT2D eigenvalue weighted by Crippen LogP contribution is -2.61. The van der Waals surface area contributed by atoms with Gasteiger partial charge in [0.15, 0.2) is 0 Å². The number of pyridine rings is 1. The summed E-state index contributed by atoms with van der Waals surface area (Å²) < 4.78 is 24.2. The second-order valence-corrected chi connectivity index (χ2v) is 12.4. The summed E-state index contributed by atoms with van der Waals surface area (Å²) in [7, 11) is 1.70. The first-order valence-corrected chi connectivity index (χ1v) is 14.4. The van der Waals surface area contributed by atoms with Gasteiger partial charge in [-0.25, -0.2) is 9.78 Å². The van der Waals surface area contributed by atoms with Crippen LogP contribution < -0.4 is 4.90 Å². The monoisotopic (exact) mass is 543 g/mol. The van der Waals surface area contributed by atoms with E-state index in [-0.39, 0.29) is 41.7 Å². The lowest BCUT2D eigenvalue weighted by Gasteiger charge is -2.49. The summed E-state index contributed by atoms with van der Waals surface area (Å²) in [5.41, 5.74) is 1.44. The fourth-order valence-corrected chi connectivity index (χ4v) is 7.15. The number of rotatable bonds is 9. The molecule has 1 unspecified atom stereocenters. The second-order valence-electron chi connectivity index (χ2n) is 12.4. The van der Waals surface area contributed by atoms with Crippen LogP contribution in [0.25, 0.3) is 0 Å². The van der Waals surface area contributed by atoms with Crippen molar-refractivity contribution in [3.8, 4) is 0 Å². The summed E-state index contributed by atoms with van der Waals surface area (Å²) >= 11 is 0. The molecule has 39 heavy (non-hydrogen) atoms. The molecule has 1 N–H and O–H groups in total. The molecule has 216 valence electrons. The largest absolute Gasteiger partial charge is 0.465 e. The summed E-state index contributed by atoms with van der Waals surface area (Å²) in [6, 6.07) is 3.35. The Bertz CT molecular complexity index is 1050. The molecule has 4 aliphatic rings. The van der Waals surface area contributed by atoms with E-state index in [1.54, 1.807) is 12.0 Å². The van der Waals surface area contributed by atoms with Gasteiger partial charge in [-0.3, -0.25) is 4.90 Å². The number of aromatic nitrogens is 1. The summed E-state index contributed by atoms with van der Waals surface area (Å²) in [6.07, 6.45) is 5.16. The van der Waals surface area contributed by atoms with Crippen molar-refractivity contribution in [1.29, 1.82) is 0 Å². The predicted molar refractivity (Wildman–Crippen MR) is 148 cm³/mol. The van der Waals surface area contributed by atoms with Gasteiger partial charge in [-0.2, -0.15) is 0 Å². The second kappa shape index (κ2) is 11.0. The molecule has 9 nitrogen and oxygen atoms in total. The van der Waals surface area contributed by atoms with Gasteiger partial charge in [-0.05, 0) is 57.6 Å². The molecule has 9 heteroatoms. The maximum atomic E-state index is 13.0. The van der Waals surface area contributed by atoms with Crippen LogP contribution in [0, 0.1) is 11.8 Å². The van der Waals surface area contributed by atoms with E-state index in [9.17, 15) is 9.90 Å². The van der Waals surface area contributed by atoms with Crippen molar-refractivity contribution in [2.45, 2.75) is 89.4 Å². The molecule has 5 rings (SSSR count). The molecule has 0 bridgehead atoms. The fraction of sp³-hybridized carbons (Fsp3) is 0.733. The number of epoxide rings is 2. The van der Waals surface area contributed by atoms with Crippen molar-refractivity contribution in [2.75, 3.05) is 44.9 Å². The molecule has 1 aromatic heterocycles. The topological polar surface area (TPSA) is 100 Å². The average Bonchev–Trinajstić information content (AvgIpc) is 3.83. The zero-order valence-electron chi connectivity index (χ0n) is 24.3. The highest BCUT2D eigenvalue weighted by atomic mass is 16.6. The van der Waals surface area contributed by atoms with Gasteiger partial charge >= 0.3 is 6.09 Å². The normalized spacial score (nSPS) is 34.6. The van der Waals surface area contributed by atoms with Crippen LogP contribution >= 0.6 is 0 Å². The molecule has 1 aromatic rings. The lowest BCUT2D eigenvalue weighted by atomic mass is 9.67. The Labute approximate surface area is 232 Å². The van der Waals surface area contributed by atoms with Crippen LogP contribution in [-0.2, 0) is 18.9 Å². The number of hydrogen-bond acceptors (Lipinski definition) is 7. The molecular formula is C30H45N3O6. The molecule has 7 atom stereocenters.